The lowest BCUT2D eigenvalue weighted by atomic mass is 10.2. The summed E-state index contributed by atoms with van der Waals surface area (Å²) < 4.78 is 49.9. The Balaban J connectivity index is 2.38. The van der Waals surface area contributed by atoms with Crippen LogP contribution >= 0.6 is 0 Å². The van der Waals surface area contributed by atoms with Gasteiger partial charge in [-0.1, -0.05) is 73.3 Å². The van der Waals surface area contributed by atoms with Crippen molar-refractivity contribution in [2.75, 3.05) is 0 Å². The van der Waals surface area contributed by atoms with Crippen molar-refractivity contribution in [1.82, 2.24) is 0 Å². The highest BCUT2D eigenvalue weighted by Gasteiger charge is 2.30. The number of sulfone groups is 2. The van der Waals surface area contributed by atoms with E-state index in [2.05, 4.69) is 6.58 Å². The maximum atomic E-state index is 12.6. The molecule has 4 nitrogen and oxygen atoms in total. The van der Waals surface area contributed by atoms with Crippen LogP contribution in [-0.4, -0.2) is 16.8 Å². The van der Waals surface area contributed by atoms with Gasteiger partial charge in [-0.15, -0.1) is 0 Å². The molecule has 0 unspecified atom stereocenters. The van der Waals surface area contributed by atoms with Gasteiger partial charge in [0.1, 0.15) is 0 Å². The van der Waals surface area contributed by atoms with Crippen LogP contribution in [0.3, 0.4) is 0 Å². The minimum Gasteiger partial charge on any atom is -0.223 e. The van der Waals surface area contributed by atoms with E-state index >= 15 is 0 Å². The van der Waals surface area contributed by atoms with Crippen LogP contribution in [0.15, 0.2) is 83.6 Å². The van der Waals surface area contributed by atoms with E-state index in [1.165, 1.54) is 6.08 Å². The Hall–Kier alpha value is -2.18. The number of rotatable bonds is 7. The molecule has 0 aliphatic rings. The van der Waals surface area contributed by atoms with Crippen LogP contribution in [0, 0.1) is 0 Å². The number of benzene rings is 2. The summed E-state index contributed by atoms with van der Waals surface area (Å²) in [4.78, 5) is 0. The average Bonchev–Trinajstić information content (AvgIpc) is 2.53. The van der Waals surface area contributed by atoms with Gasteiger partial charge in [0.05, 0.1) is 11.5 Å². The molecule has 0 bridgehead atoms. The van der Waals surface area contributed by atoms with Crippen LogP contribution in [0.5, 0.6) is 0 Å². The monoisotopic (exact) mass is 362 g/mol. The second kappa shape index (κ2) is 7.59. The van der Waals surface area contributed by atoms with Crippen molar-refractivity contribution in [3.63, 3.8) is 0 Å². The van der Waals surface area contributed by atoms with E-state index in [9.17, 15) is 16.8 Å². The maximum Gasteiger partial charge on any atom is 0.193 e. The predicted octanol–water partition coefficient (Wildman–Crippen LogP) is 3.24. The highest BCUT2D eigenvalue weighted by atomic mass is 32.3. The molecule has 0 aliphatic carbocycles. The van der Waals surface area contributed by atoms with E-state index in [4.69, 9.17) is 0 Å². The van der Waals surface area contributed by atoms with Crippen molar-refractivity contribution < 1.29 is 16.8 Å². The van der Waals surface area contributed by atoms with E-state index < -0.39 is 23.9 Å². The molecule has 0 fully saturated rings. The first-order valence-electron chi connectivity index (χ1n) is 7.21. The molecule has 0 spiro atoms. The largest absolute Gasteiger partial charge is 0.223 e. The zero-order valence-corrected chi connectivity index (χ0v) is 14.6. The van der Waals surface area contributed by atoms with E-state index in [0.717, 1.165) is 6.08 Å². The molecule has 0 N–H and O–H groups in total. The maximum absolute atomic E-state index is 12.6. The van der Waals surface area contributed by atoms with E-state index in [1.807, 2.05) is 0 Å². The Kier molecular flexibility index (Phi) is 5.75. The zero-order chi connectivity index (χ0) is 17.6. The fraction of sp³-hybridized carbons (Fsp3) is 0.111. The van der Waals surface area contributed by atoms with E-state index in [1.54, 1.807) is 60.7 Å². The summed E-state index contributed by atoms with van der Waals surface area (Å²) in [5.74, 6) is -0.747. The number of hydrogen-bond donors (Lipinski definition) is 0. The van der Waals surface area contributed by atoms with Gasteiger partial charge in [0.2, 0.25) is 0 Å². The Morgan fingerprint density at radius 2 is 1.12 bits per heavy atom. The molecular formula is C18H18O4S2. The van der Waals surface area contributed by atoms with Gasteiger partial charge in [-0.3, -0.25) is 0 Å². The zero-order valence-electron chi connectivity index (χ0n) is 13.0. The van der Waals surface area contributed by atoms with E-state index in [-0.39, 0.29) is 11.5 Å². The van der Waals surface area contributed by atoms with Gasteiger partial charge >= 0.3 is 0 Å². The highest BCUT2D eigenvalue weighted by Crippen LogP contribution is 2.23. The fourth-order valence-electron chi connectivity index (χ4n) is 2.23. The van der Waals surface area contributed by atoms with Gasteiger partial charge in [-0.05, 0) is 17.2 Å². The first-order valence-corrected chi connectivity index (χ1v) is 10.5. The topological polar surface area (TPSA) is 68.3 Å². The van der Waals surface area contributed by atoms with Crippen LogP contribution in [0.2, 0.25) is 0 Å². The first kappa shape index (κ1) is 18.2. The summed E-state index contributed by atoms with van der Waals surface area (Å²) in [5, 5.41) is 0. The van der Waals surface area contributed by atoms with Crippen LogP contribution in [-0.2, 0) is 31.2 Å². The molecule has 2 aromatic rings. The van der Waals surface area contributed by atoms with Gasteiger partial charge in [-0.25, -0.2) is 16.8 Å². The van der Waals surface area contributed by atoms with Gasteiger partial charge in [-0.2, -0.15) is 0 Å². The Labute approximate surface area is 143 Å². The number of hydrogen-bond acceptors (Lipinski definition) is 4. The van der Waals surface area contributed by atoms with Gasteiger partial charge in [0, 0.05) is 0 Å². The molecule has 0 heterocycles. The van der Waals surface area contributed by atoms with Crippen LogP contribution in [0.25, 0.3) is 0 Å². The fourth-order valence-corrected chi connectivity index (χ4v) is 6.28. The molecule has 0 saturated carbocycles. The van der Waals surface area contributed by atoms with Crippen molar-refractivity contribution in [3.8, 4) is 0 Å². The minimum atomic E-state index is -4.01. The van der Waals surface area contributed by atoms with Crippen molar-refractivity contribution >= 4 is 19.7 Å². The molecule has 0 amide bonds. The third-order valence-corrected chi connectivity index (χ3v) is 7.71. The Morgan fingerprint density at radius 1 is 0.750 bits per heavy atom. The SMILES string of the molecule is C=CC=C(S(=O)(=O)Cc1ccccc1)S(=O)(=O)Cc1ccccc1. The standard InChI is InChI=1S/C18H18O4S2/c1-2-9-18(23(19,20)14-16-10-5-3-6-11-16)24(21,22)15-17-12-7-4-8-13-17/h2-13H,1,14-15H2. The summed E-state index contributed by atoms with van der Waals surface area (Å²) in [6, 6.07) is 17.0. The third-order valence-electron chi connectivity index (χ3n) is 3.27. The van der Waals surface area contributed by atoms with Crippen LogP contribution < -0.4 is 0 Å². The van der Waals surface area contributed by atoms with E-state index in [0.29, 0.717) is 11.1 Å². The lowest BCUT2D eigenvalue weighted by Crippen LogP contribution is -2.17. The molecule has 0 aliphatic heterocycles. The molecule has 24 heavy (non-hydrogen) atoms. The van der Waals surface area contributed by atoms with Gasteiger partial charge in [0.15, 0.2) is 23.9 Å². The summed E-state index contributed by atoms with van der Waals surface area (Å²) >= 11 is 0. The van der Waals surface area contributed by atoms with Crippen molar-refractivity contribution in [1.29, 1.82) is 0 Å². The molecule has 0 radical (unpaired) electrons. The van der Waals surface area contributed by atoms with Crippen molar-refractivity contribution in [3.05, 3.63) is 94.8 Å². The lowest BCUT2D eigenvalue weighted by Gasteiger charge is -2.10. The van der Waals surface area contributed by atoms with Gasteiger partial charge < -0.3 is 0 Å². The predicted molar refractivity (Wildman–Crippen MR) is 96.4 cm³/mol. The molecule has 2 rings (SSSR count). The molecule has 0 aromatic heterocycles. The molecule has 0 saturated heterocycles. The highest BCUT2D eigenvalue weighted by molar-refractivity contribution is 8.13. The third kappa shape index (κ3) is 4.66. The second-order valence-electron chi connectivity index (χ2n) is 5.21. The molecule has 126 valence electrons. The normalized spacial score (nSPS) is 11.7. The first-order chi connectivity index (χ1) is 11.3. The molecule has 0 atom stereocenters. The quantitative estimate of drug-likeness (QED) is 0.709. The van der Waals surface area contributed by atoms with Crippen molar-refractivity contribution in [2.45, 2.75) is 11.5 Å². The summed E-state index contributed by atoms with van der Waals surface area (Å²) in [6.45, 7) is 3.44. The minimum absolute atomic E-state index is 0.373. The molecule has 2 aromatic carbocycles. The van der Waals surface area contributed by atoms with Crippen LogP contribution in [0.4, 0.5) is 0 Å². The molecule has 6 heteroatoms. The van der Waals surface area contributed by atoms with Crippen molar-refractivity contribution in [2.24, 2.45) is 0 Å². The molecular weight excluding hydrogens is 344 g/mol. The summed E-state index contributed by atoms with van der Waals surface area (Å²) in [7, 11) is -8.03. The van der Waals surface area contributed by atoms with Gasteiger partial charge in [0.25, 0.3) is 0 Å². The Bertz CT molecular complexity index is 854. The summed E-state index contributed by atoms with van der Waals surface area (Å²) in [6.07, 6.45) is 2.23. The average molecular weight is 362 g/mol. The number of allylic oxidation sites excluding steroid dienone is 2. The van der Waals surface area contributed by atoms with Crippen LogP contribution in [0.1, 0.15) is 11.1 Å². The Morgan fingerprint density at radius 3 is 1.46 bits per heavy atom. The lowest BCUT2D eigenvalue weighted by molar-refractivity contribution is 0.594. The second-order valence-corrected chi connectivity index (χ2v) is 9.39. The smallest absolute Gasteiger partial charge is 0.193 e. The summed E-state index contributed by atoms with van der Waals surface area (Å²) in [5.41, 5.74) is 1.06.